The van der Waals surface area contributed by atoms with E-state index >= 15 is 0 Å². The van der Waals surface area contributed by atoms with Crippen molar-refractivity contribution < 1.29 is 19.0 Å². The summed E-state index contributed by atoms with van der Waals surface area (Å²) in [7, 11) is 2.87. The lowest BCUT2D eigenvalue weighted by Gasteiger charge is -2.10. The van der Waals surface area contributed by atoms with Crippen molar-refractivity contribution in [3.05, 3.63) is 22.7 Å². The Morgan fingerprint density at radius 1 is 1.41 bits per heavy atom. The second-order valence-corrected chi connectivity index (χ2v) is 3.34. The number of hydrogen-bond acceptors (Lipinski definition) is 5. The Hall–Kier alpha value is -1.93. The number of methoxy groups -OCH3 is 2. The Morgan fingerprint density at radius 3 is 2.65 bits per heavy atom. The Morgan fingerprint density at radius 2 is 2.12 bits per heavy atom. The van der Waals surface area contributed by atoms with Crippen LogP contribution in [0.25, 0.3) is 0 Å². The van der Waals surface area contributed by atoms with Crippen molar-refractivity contribution >= 4 is 17.6 Å². The summed E-state index contributed by atoms with van der Waals surface area (Å²) in [5.41, 5.74) is 0.197. The number of hydrogen-bond donors (Lipinski definition) is 0. The van der Waals surface area contributed by atoms with Crippen LogP contribution in [0.3, 0.4) is 0 Å². The lowest BCUT2D eigenvalue weighted by molar-refractivity contribution is 0.0554. The van der Waals surface area contributed by atoms with E-state index in [2.05, 4.69) is 4.74 Å². The highest BCUT2D eigenvalue weighted by Gasteiger charge is 2.15. The minimum atomic E-state index is -0.644. The molecule has 17 heavy (non-hydrogen) atoms. The summed E-state index contributed by atoms with van der Waals surface area (Å²) in [6.45, 7) is -0.315. The molecule has 0 unspecified atom stereocenters. The van der Waals surface area contributed by atoms with Gasteiger partial charge in [0.05, 0.1) is 24.8 Å². The van der Waals surface area contributed by atoms with Gasteiger partial charge >= 0.3 is 5.97 Å². The van der Waals surface area contributed by atoms with Crippen LogP contribution in [0.4, 0.5) is 0 Å². The lowest BCUT2D eigenvalue weighted by Crippen LogP contribution is -2.06. The summed E-state index contributed by atoms with van der Waals surface area (Å²) >= 11 is 5.91. The van der Waals surface area contributed by atoms with Crippen LogP contribution in [0, 0.1) is 11.3 Å². The zero-order valence-electron chi connectivity index (χ0n) is 9.32. The Kier molecular flexibility index (Phi) is 4.61. The second-order valence-electron chi connectivity index (χ2n) is 2.93. The molecule has 5 nitrogen and oxygen atoms in total. The predicted octanol–water partition coefficient (Wildman–Crippen LogP) is 2.04. The van der Waals surface area contributed by atoms with Gasteiger partial charge in [0.25, 0.3) is 0 Å². The van der Waals surface area contributed by atoms with Gasteiger partial charge in [-0.05, 0) is 12.1 Å². The molecule has 0 saturated heterocycles. The Labute approximate surface area is 103 Å². The number of carbonyl (C=O) groups excluding carboxylic acids is 1. The minimum absolute atomic E-state index is 0.197. The summed E-state index contributed by atoms with van der Waals surface area (Å²) in [5, 5.41) is 8.53. The largest absolute Gasteiger partial charge is 0.493 e. The fourth-order valence-corrected chi connectivity index (χ4v) is 1.50. The van der Waals surface area contributed by atoms with E-state index in [0.717, 1.165) is 0 Å². The standard InChI is InChI=1S/C11H10ClNO4/c1-15-9-6-7(11(14)17-4-3-13)5-8(12)10(9)16-2/h5-6H,4H2,1-2H3. The second kappa shape index (κ2) is 5.97. The molecule has 0 saturated carbocycles. The number of halogens is 1. The SMILES string of the molecule is COc1cc(C(=O)OCC#N)cc(Cl)c1OC. The van der Waals surface area contributed by atoms with Gasteiger partial charge in [-0.15, -0.1) is 0 Å². The highest BCUT2D eigenvalue weighted by Crippen LogP contribution is 2.36. The van der Waals surface area contributed by atoms with Crippen LogP contribution in [0.2, 0.25) is 5.02 Å². The van der Waals surface area contributed by atoms with E-state index in [1.165, 1.54) is 26.4 Å². The monoisotopic (exact) mass is 255 g/mol. The van der Waals surface area contributed by atoms with Crippen molar-refractivity contribution in [2.75, 3.05) is 20.8 Å². The third-order valence-electron chi connectivity index (χ3n) is 1.94. The van der Waals surface area contributed by atoms with Crippen LogP contribution in [0.15, 0.2) is 12.1 Å². The van der Waals surface area contributed by atoms with E-state index < -0.39 is 5.97 Å². The van der Waals surface area contributed by atoms with E-state index in [0.29, 0.717) is 11.5 Å². The fraction of sp³-hybridized carbons (Fsp3) is 0.273. The van der Waals surface area contributed by atoms with Gasteiger partial charge in [-0.3, -0.25) is 0 Å². The summed E-state index contributed by atoms with van der Waals surface area (Å²) in [4.78, 5) is 11.5. The van der Waals surface area contributed by atoms with Crippen molar-refractivity contribution in [1.29, 1.82) is 5.26 Å². The highest BCUT2D eigenvalue weighted by molar-refractivity contribution is 6.32. The third kappa shape index (κ3) is 3.02. The average Bonchev–Trinajstić information content (AvgIpc) is 2.34. The molecule has 1 aromatic rings. The zero-order valence-corrected chi connectivity index (χ0v) is 10.1. The molecule has 1 rings (SSSR count). The number of esters is 1. The normalized spacial score (nSPS) is 9.29. The van der Waals surface area contributed by atoms with Crippen LogP contribution in [-0.4, -0.2) is 26.8 Å². The van der Waals surface area contributed by atoms with Gasteiger partial charge in [0.2, 0.25) is 0 Å². The summed E-state index contributed by atoms with van der Waals surface area (Å²) in [6.07, 6.45) is 0. The van der Waals surface area contributed by atoms with E-state index in [1.807, 2.05) is 0 Å². The maximum Gasteiger partial charge on any atom is 0.339 e. The first-order valence-corrected chi connectivity index (χ1v) is 4.97. The molecule has 0 spiro atoms. The summed E-state index contributed by atoms with van der Waals surface area (Å²) < 4.78 is 14.7. The van der Waals surface area contributed by atoms with E-state index in [9.17, 15) is 4.79 Å². The molecule has 90 valence electrons. The molecule has 0 amide bonds. The molecule has 0 aromatic heterocycles. The van der Waals surface area contributed by atoms with Crippen LogP contribution >= 0.6 is 11.6 Å². The molecule has 0 N–H and O–H groups in total. The van der Waals surface area contributed by atoms with Crippen LogP contribution in [-0.2, 0) is 4.74 Å². The maximum atomic E-state index is 11.5. The number of nitrogens with zero attached hydrogens (tertiary/aromatic N) is 1. The molecular formula is C11H10ClNO4. The first-order valence-electron chi connectivity index (χ1n) is 4.59. The molecule has 1 aromatic carbocycles. The van der Waals surface area contributed by atoms with Gasteiger partial charge in [0.1, 0.15) is 6.07 Å². The number of carbonyl (C=O) groups is 1. The molecule has 0 heterocycles. The van der Waals surface area contributed by atoms with Crippen LogP contribution < -0.4 is 9.47 Å². The molecule has 0 radical (unpaired) electrons. The molecule has 0 aliphatic heterocycles. The lowest BCUT2D eigenvalue weighted by atomic mass is 10.2. The number of rotatable bonds is 4. The molecule has 0 bridgehead atoms. The van der Waals surface area contributed by atoms with Crippen molar-refractivity contribution in [3.63, 3.8) is 0 Å². The van der Waals surface area contributed by atoms with Crippen molar-refractivity contribution in [2.45, 2.75) is 0 Å². The van der Waals surface area contributed by atoms with Crippen molar-refractivity contribution in [2.24, 2.45) is 0 Å². The topological polar surface area (TPSA) is 68.5 Å². The Balaban J connectivity index is 3.07. The molecule has 0 aliphatic rings. The summed E-state index contributed by atoms with van der Waals surface area (Å²) in [6, 6.07) is 4.53. The first kappa shape index (κ1) is 13.1. The molecule has 0 atom stereocenters. The first-order chi connectivity index (χ1) is 8.13. The average molecular weight is 256 g/mol. The molecule has 6 heteroatoms. The Bertz CT molecular complexity index is 467. The van der Waals surface area contributed by atoms with Gasteiger partial charge in [-0.1, -0.05) is 11.6 Å². The highest BCUT2D eigenvalue weighted by atomic mass is 35.5. The number of ether oxygens (including phenoxy) is 3. The van der Waals surface area contributed by atoms with Gasteiger partial charge in [0.15, 0.2) is 18.1 Å². The van der Waals surface area contributed by atoms with E-state index in [-0.39, 0.29) is 17.2 Å². The smallest absolute Gasteiger partial charge is 0.339 e. The number of nitriles is 1. The third-order valence-corrected chi connectivity index (χ3v) is 2.22. The van der Waals surface area contributed by atoms with Crippen LogP contribution in [0.5, 0.6) is 11.5 Å². The van der Waals surface area contributed by atoms with E-state index in [1.54, 1.807) is 6.07 Å². The van der Waals surface area contributed by atoms with Crippen molar-refractivity contribution in [3.8, 4) is 17.6 Å². The van der Waals surface area contributed by atoms with Crippen LogP contribution in [0.1, 0.15) is 10.4 Å². The van der Waals surface area contributed by atoms with Gasteiger partial charge in [-0.25, -0.2) is 4.79 Å². The fourth-order valence-electron chi connectivity index (χ4n) is 1.22. The summed E-state index contributed by atoms with van der Waals surface area (Å²) in [5.74, 6) is 0.0179. The zero-order chi connectivity index (χ0) is 12.8. The molecule has 0 aliphatic carbocycles. The molecule has 0 fully saturated rings. The van der Waals surface area contributed by atoms with Gasteiger partial charge in [-0.2, -0.15) is 5.26 Å². The van der Waals surface area contributed by atoms with E-state index in [4.69, 9.17) is 26.3 Å². The molecular weight excluding hydrogens is 246 g/mol. The minimum Gasteiger partial charge on any atom is -0.493 e. The van der Waals surface area contributed by atoms with Crippen molar-refractivity contribution in [1.82, 2.24) is 0 Å². The van der Waals surface area contributed by atoms with Gasteiger partial charge < -0.3 is 14.2 Å². The van der Waals surface area contributed by atoms with Gasteiger partial charge in [0, 0.05) is 0 Å². The number of benzene rings is 1. The maximum absolute atomic E-state index is 11.5. The quantitative estimate of drug-likeness (QED) is 0.770. The predicted molar refractivity (Wildman–Crippen MR) is 60.5 cm³/mol.